The molecule has 0 saturated carbocycles. The number of fused-ring (bicyclic) bond motifs is 2. The van der Waals surface area contributed by atoms with Gasteiger partial charge in [-0.3, -0.25) is 0 Å². The Kier molecular flexibility index (Phi) is 8.33. The van der Waals surface area contributed by atoms with E-state index in [-0.39, 0.29) is 17.6 Å². The maximum Gasteiger partial charge on any atom is 0.268 e. The molecule has 0 bridgehead atoms. The highest BCUT2D eigenvalue weighted by Crippen LogP contribution is 2.40. The van der Waals surface area contributed by atoms with Crippen molar-refractivity contribution in [1.29, 1.82) is 0 Å². The van der Waals surface area contributed by atoms with Crippen LogP contribution >= 0.6 is 0 Å². The van der Waals surface area contributed by atoms with Gasteiger partial charge in [-0.15, -0.1) is 5.10 Å². The molecule has 8 nitrogen and oxygen atoms in total. The first kappa shape index (κ1) is 27.8. The number of piperidine rings is 1. The van der Waals surface area contributed by atoms with E-state index in [1.807, 2.05) is 0 Å². The van der Waals surface area contributed by atoms with E-state index >= 15 is 0 Å². The molecule has 2 heterocycles. The molecule has 1 fully saturated rings. The van der Waals surface area contributed by atoms with Crippen molar-refractivity contribution in [1.82, 2.24) is 19.7 Å². The summed E-state index contributed by atoms with van der Waals surface area (Å²) >= 11 is 0. The lowest BCUT2D eigenvalue weighted by Gasteiger charge is -2.32. The van der Waals surface area contributed by atoms with Gasteiger partial charge in [0.15, 0.2) is 0 Å². The molecule has 38 heavy (non-hydrogen) atoms. The Bertz CT molecular complexity index is 1220. The third-order valence-electron chi connectivity index (χ3n) is 8.49. The van der Waals surface area contributed by atoms with E-state index in [1.54, 1.807) is 4.68 Å². The summed E-state index contributed by atoms with van der Waals surface area (Å²) in [7, 11) is -2.75. The highest BCUT2D eigenvalue weighted by molar-refractivity contribution is 7.91. The van der Waals surface area contributed by atoms with Gasteiger partial charge in [-0.2, -0.15) is 4.98 Å². The normalized spacial score (nSPS) is 20.1. The largest absolute Gasteiger partial charge is 0.359 e. The summed E-state index contributed by atoms with van der Waals surface area (Å²) in [4.78, 5) is 6.90. The van der Waals surface area contributed by atoms with Crippen molar-refractivity contribution in [2.24, 2.45) is 0 Å². The van der Waals surface area contributed by atoms with Crippen molar-refractivity contribution >= 4 is 29.5 Å². The molecule has 1 aromatic heterocycles. The van der Waals surface area contributed by atoms with Crippen LogP contribution in [-0.2, 0) is 47.0 Å². The number of aryl methyl sites for hydroxylation is 2. The fourth-order valence-corrected chi connectivity index (χ4v) is 8.11. The van der Waals surface area contributed by atoms with Gasteiger partial charge in [0.25, 0.3) is 5.16 Å². The molecule has 1 atom stereocenters. The van der Waals surface area contributed by atoms with E-state index in [1.165, 1.54) is 28.7 Å². The summed E-state index contributed by atoms with van der Waals surface area (Å²) in [6.07, 6.45) is 10.7. The molecule has 0 radical (unpaired) electrons. The van der Waals surface area contributed by atoms with Gasteiger partial charge in [-0.1, -0.05) is 32.1 Å². The van der Waals surface area contributed by atoms with Gasteiger partial charge >= 0.3 is 0 Å². The van der Waals surface area contributed by atoms with E-state index in [9.17, 15) is 8.42 Å². The second-order valence-electron chi connectivity index (χ2n) is 12.7. The number of ether oxygens (including phenoxy) is 1. The van der Waals surface area contributed by atoms with Crippen molar-refractivity contribution < 1.29 is 13.2 Å². The zero-order valence-electron chi connectivity index (χ0n) is 23.7. The third kappa shape index (κ3) is 6.34. The second-order valence-corrected chi connectivity index (χ2v) is 20.3. The quantitative estimate of drug-likeness (QED) is 0.307. The summed E-state index contributed by atoms with van der Waals surface area (Å²) in [6, 6.07) is 3.75. The van der Waals surface area contributed by atoms with Crippen molar-refractivity contribution in [3.8, 4) is 0 Å². The molecule has 2 aliphatic carbocycles. The molecule has 10 heteroatoms. The molecule has 0 amide bonds. The first-order valence-corrected chi connectivity index (χ1v) is 19.9. The van der Waals surface area contributed by atoms with Gasteiger partial charge in [0.2, 0.25) is 15.8 Å². The molecule has 3 aliphatic rings. The summed E-state index contributed by atoms with van der Waals surface area (Å²) < 4.78 is 34.5. The number of nitrogens with one attached hydrogen (secondary N) is 1. The minimum Gasteiger partial charge on any atom is -0.359 e. The lowest BCUT2D eigenvalue weighted by atomic mass is 9.99. The maximum atomic E-state index is 13.4. The minimum absolute atomic E-state index is 0.0675. The van der Waals surface area contributed by atoms with Crippen molar-refractivity contribution in [2.45, 2.75) is 108 Å². The fourth-order valence-electron chi connectivity index (χ4n) is 6.14. The Morgan fingerprint density at radius 1 is 1.05 bits per heavy atom. The van der Waals surface area contributed by atoms with Gasteiger partial charge < -0.3 is 15.0 Å². The first-order chi connectivity index (χ1) is 18.1. The molecule has 2 aromatic rings. The molecule has 1 unspecified atom stereocenters. The molecule has 1 aliphatic heterocycles. The predicted molar refractivity (Wildman–Crippen MR) is 155 cm³/mol. The highest BCUT2D eigenvalue weighted by Gasteiger charge is 2.29. The molecule has 0 spiro atoms. The monoisotopic (exact) mass is 559 g/mol. The number of hydrogen-bond acceptors (Lipinski definition) is 7. The molecular formula is C28H45N5O3SSi. The molecule has 5 rings (SSSR count). The van der Waals surface area contributed by atoms with Crippen LogP contribution in [0.4, 0.5) is 11.6 Å². The van der Waals surface area contributed by atoms with Crippen molar-refractivity contribution in [2.75, 3.05) is 31.3 Å². The van der Waals surface area contributed by atoms with E-state index in [2.05, 4.69) is 53.1 Å². The summed E-state index contributed by atoms with van der Waals surface area (Å²) in [5.74, 6) is 0.540. The van der Waals surface area contributed by atoms with Crippen LogP contribution in [0.25, 0.3) is 0 Å². The van der Waals surface area contributed by atoms with Crippen LogP contribution in [0.15, 0.2) is 11.2 Å². The Morgan fingerprint density at radius 3 is 2.42 bits per heavy atom. The zero-order valence-corrected chi connectivity index (χ0v) is 25.5. The smallest absolute Gasteiger partial charge is 0.268 e. The number of likely N-dealkylation sites (tertiary alicyclic amines) is 1. The van der Waals surface area contributed by atoms with Gasteiger partial charge in [-0.25, -0.2) is 13.1 Å². The molecule has 1 aromatic carbocycles. The standard InChI is InChI=1S/C28H45N5O3SSi/c1-32-15-6-5-11-23(32)14-17-37(34,35)28-30-27(33(31-28)20-36-16-18-38(2,3)4)29-26-24-12-7-9-21(24)19-22-10-8-13-25(22)26/h19,23H,5-18,20H2,1-4H3,(H,29,30,31). The lowest BCUT2D eigenvalue weighted by molar-refractivity contribution is 0.0792. The Labute approximate surface area is 229 Å². The van der Waals surface area contributed by atoms with Gasteiger partial charge in [-0.05, 0) is 99.7 Å². The summed E-state index contributed by atoms with van der Waals surface area (Å²) in [5, 5.41) is 8.00. The van der Waals surface area contributed by atoms with Crippen LogP contribution in [0.1, 0.15) is 60.8 Å². The van der Waals surface area contributed by atoms with E-state index in [0.717, 1.165) is 69.6 Å². The predicted octanol–water partition coefficient (Wildman–Crippen LogP) is 4.96. The number of rotatable bonds is 11. The van der Waals surface area contributed by atoms with Crippen LogP contribution in [0.2, 0.25) is 25.7 Å². The summed E-state index contributed by atoms with van der Waals surface area (Å²) in [6.45, 7) is 8.84. The van der Waals surface area contributed by atoms with Crippen LogP contribution in [0, 0.1) is 0 Å². The summed E-state index contributed by atoms with van der Waals surface area (Å²) in [5.41, 5.74) is 6.72. The molecule has 1 N–H and O–H groups in total. The number of hydrogen-bond donors (Lipinski definition) is 1. The lowest BCUT2D eigenvalue weighted by Crippen LogP contribution is -2.37. The average molecular weight is 560 g/mol. The van der Waals surface area contributed by atoms with Gasteiger partial charge in [0.05, 0.1) is 5.75 Å². The second kappa shape index (κ2) is 11.4. The van der Waals surface area contributed by atoms with Crippen LogP contribution in [0.5, 0.6) is 0 Å². The van der Waals surface area contributed by atoms with E-state index < -0.39 is 17.9 Å². The van der Waals surface area contributed by atoms with E-state index in [0.29, 0.717) is 25.0 Å². The fraction of sp³-hybridized carbons (Fsp3) is 0.714. The Hall–Kier alpha value is -1.75. The highest BCUT2D eigenvalue weighted by atomic mass is 32.2. The zero-order chi connectivity index (χ0) is 26.9. The van der Waals surface area contributed by atoms with Crippen molar-refractivity contribution in [3.05, 3.63) is 28.3 Å². The van der Waals surface area contributed by atoms with Gasteiger partial charge in [0, 0.05) is 26.4 Å². The number of sulfone groups is 1. The minimum atomic E-state index is -3.61. The van der Waals surface area contributed by atoms with Crippen LogP contribution < -0.4 is 5.32 Å². The maximum absolute atomic E-state index is 13.4. The van der Waals surface area contributed by atoms with E-state index in [4.69, 9.17) is 4.74 Å². The average Bonchev–Trinajstić information content (AvgIpc) is 3.61. The molecular weight excluding hydrogens is 514 g/mol. The van der Waals surface area contributed by atoms with Crippen LogP contribution in [0.3, 0.4) is 0 Å². The number of aromatic nitrogens is 3. The number of benzene rings is 1. The number of nitrogens with zero attached hydrogens (tertiary/aromatic N) is 4. The van der Waals surface area contributed by atoms with Crippen LogP contribution in [-0.4, -0.2) is 68.2 Å². The third-order valence-corrected chi connectivity index (χ3v) is 11.7. The molecule has 210 valence electrons. The SMILES string of the molecule is CN1CCCCC1CCS(=O)(=O)c1nc(Nc2c3c(cc4c2CCC4)CCC3)n(COCC[Si](C)(C)C)n1. The first-order valence-electron chi connectivity index (χ1n) is 14.5. The topological polar surface area (TPSA) is 89.4 Å². The Morgan fingerprint density at radius 2 is 1.76 bits per heavy atom. The van der Waals surface area contributed by atoms with Gasteiger partial charge in [0.1, 0.15) is 6.73 Å². The number of anilines is 2. The van der Waals surface area contributed by atoms with Crippen molar-refractivity contribution in [3.63, 3.8) is 0 Å². The Balaban J connectivity index is 1.40. The molecule has 1 saturated heterocycles.